The van der Waals surface area contributed by atoms with Gasteiger partial charge in [-0.1, -0.05) is 42.5 Å². The number of thiophene rings is 1. The van der Waals surface area contributed by atoms with Gasteiger partial charge in [0.2, 0.25) is 5.91 Å². The third kappa shape index (κ3) is 6.16. The van der Waals surface area contributed by atoms with Crippen molar-refractivity contribution in [1.29, 1.82) is 0 Å². The number of nitrogens with one attached hydrogen (secondary N) is 1. The molecule has 1 N–H and O–H groups in total. The molecule has 2 aromatic carbocycles. The number of amides is 2. The minimum atomic E-state index is -0.125. The molecule has 0 bridgehead atoms. The van der Waals surface area contributed by atoms with Crippen molar-refractivity contribution in [2.45, 2.75) is 19.9 Å². The van der Waals surface area contributed by atoms with E-state index in [4.69, 9.17) is 0 Å². The van der Waals surface area contributed by atoms with Gasteiger partial charge in [-0.3, -0.25) is 9.59 Å². The predicted octanol–water partition coefficient (Wildman–Crippen LogP) is 4.70. The lowest BCUT2D eigenvalue weighted by Gasteiger charge is -2.21. The van der Waals surface area contributed by atoms with Crippen molar-refractivity contribution >= 4 is 29.2 Å². The van der Waals surface area contributed by atoms with Crippen LogP contribution in [0, 0.1) is 6.92 Å². The first-order chi connectivity index (χ1) is 14.5. The Kier molecular flexibility index (Phi) is 7.57. The second-order valence-electron chi connectivity index (χ2n) is 7.04. The SMILES string of the molecule is CNC(=O)c1ccc(/C=C/C(=O)N(CCc2ccccc2)Cc2ccc(C)s2)cc1. The zero-order valence-corrected chi connectivity index (χ0v) is 18.1. The summed E-state index contributed by atoms with van der Waals surface area (Å²) >= 11 is 1.72. The van der Waals surface area contributed by atoms with E-state index in [0.29, 0.717) is 18.7 Å². The topological polar surface area (TPSA) is 49.4 Å². The van der Waals surface area contributed by atoms with E-state index in [0.717, 1.165) is 12.0 Å². The Morgan fingerprint density at radius 1 is 1.00 bits per heavy atom. The van der Waals surface area contributed by atoms with Crippen LogP contribution >= 0.6 is 11.3 Å². The number of carbonyl (C=O) groups is 2. The molecule has 5 heteroatoms. The molecule has 0 aliphatic carbocycles. The molecule has 0 fully saturated rings. The fraction of sp³-hybridized carbons (Fsp3) is 0.200. The van der Waals surface area contributed by atoms with E-state index in [1.165, 1.54) is 15.3 Å². The zero-order valence-electron chi connectivity index (χ0n) is 17.3. The van der Waals surface area contributed by atoms with Gasteiger partial charge in [0.1, 0.15) is 0 Å². The van der Waals surface area contributed by atoms with Crippen molar-refractivity contribution in [2.24, 2.45) is 0 Å². The van der Waals surface area contributed by atoms with Gasteiger partial charge in [-0.05, 0) is 54.8 Å². The van der Waals surface area contributed by atoms with Gasteiger partial charge in [-0.25, -0.2) is 0 Å². The highest BCUT2D eigenvalue weighted by atomic mass is 32.1. The van der Waals surface area contributed by atoms with Crippen LogP contribution in [-0.2, 0) is 17.8 Å². The first-order valence-corrected chi connectivity index (χ1v) is 10.7. The summed E-state index contributed by atoms with van der Waals surface area (Å²) in [6.07, 6.45) is 4.22. The molecule has 0 atom stereocenters. The number of benzene rings is 2. The summed E-state index contributed by atoms with van der Waals surface area (Å²) in [7, 11) is 1.61. The molecule has 0 spiro atoms. The van der Waals surface area contributed by atoms with Gasteiger partial charge in [0, 0.05) is 35.0 Å². The zero-order chi connectivity index (χ0) is 21.3. The smallest absolute Gasteiger partial charge is 0.251 e. The van der Waals surface area contributed by atoms with Crippen LogP contribution in [0.5, 0.6) is 0 Å². The predicted molar refractivity (Wildman–Crippen MR) is 123 cm³/mol. The van der Waals surface area contributed by atoms with Crippen LogP contribution in [0.1, 0.15) is 31.2 Å². The Hall–Kier alpha value is -3.18. The number of nitrogens with zero attached hydrogens (tertiary/aromatic N) is 1. The standard InChI is InChI=1S/C25H26N2O2S/c1-19-8-14-23(30-19)18-27(17-16-20-6-4-3-5-7-20)24(28)15-11-21-9-12-22(13-10-21)25(29)26-2/h3-15H,16-18H2,1-2H3,(H,26,29)/b15-11+. The molecule has 1 heterocycles. The highest BCUT2D eigenvalue weighted by molar-refractivity contribution is 7.11. The number of hydrogen-bond donors (Lipinski definition) is 1. The maximum Gasteiger partial charge on any atom is 0.251 e. The van der Waals surface area contributed by atoms with Gasteiger partial charge in [-0.15, -0.1) is 11.3 Å². The van der Waals surface area contributed by atoms with Crippen LogP contribution in [0.2, 0.25) is 0 Å². The van der Waals surface area contributed by atoms with Crippen molar-refractivity contribution < 1.29 is 9.59 Å². The summed E-state index contributed by atoms with van der Waals surface area (Å²) in [5.74, 6) is -0.146. The average molecular weight is 419 g/mol. The van der Waals surface area contributed by atoms with Crippen LogP contribution in [-0.4, -0.2) is 30.3 Å². The molecule has 4 nitrogen and oxygen atoms in total. The number of hydrogen-bond acceptors (Lipinski definition) is 3. The first-order valence-electron chi connectivity index (χ1n) is 9.93. The molecule has 3 rings (SSSR count). The fourth-order valence-electron chi connectivity index (χ4n) is 3.10. The van der Waals surface area contributed by atoms with Gasteiger partial charge in [0.15, 0.2) is 0 Å². The maximum atomic E-state index is 13.0. The summed E-state index contributed by atoms with van der Waals surface area (Å²) < 4.78 is 0. The lowest BCUT2D eigenvalue weighted by molar-refractivity contribution is -0.126. The summed E-state index contributed by atoms with van der Waals surface area (Å²) in [5.41, 5.74) is 2.69. The normalized spacial score (nSPS) is 10.9. The van der Waals surface area contributed by atoms with E-state index >= 15 is 0 Å². The molecular formula is C25H26N2O2S. The molecule has 0 unspecified atom stereocenters. The molecule has 154 valence electrons. The summed E-state index contributed by atoms with van der Waals surface area (Å²) in [5, 5.41) is 2.60. The maximum absolute atomic E-state index is 13.0. The van der Waals surface area contributed by atoms with E-state index in [9.17, 15) is 9.59 Å². The molecule has 0 saturated carbocycles. The first kappa shape index (κ1) is 21.5. The Morgan fingerprint density at radius 3 is 2.37 bits per heavy atom. The summed E-state index contributed by atoms with van der Waals surface area (Å²) in [6.45, 7) is 3.33. The number of rotatable bonds is 8. The van der Waals surface area contributed by atoms with Gasteiger partial charge in [0.05, 0.1) is 6.54 Å². The van der Waals surface area contributed by atoms with Crippen molar-refractivity contribution in [3.8, 4) is 0 Å². The van der Waals surface area contributed by atoms with Crippen molar-refractivity contribution in [1.82, 2.24) is 10.2 Å². The van der Waals surface area contributed by atoms with Crippen molar-refractivity contribution in [3.63, 3.8) is 0 Å². The minimum Gasteiger partial charge on any atom is -0.355 e. The van der Waals surface area contributed by atoms with Gasteiger partial charge < -0.3 is 10.2 Å². The third-order valence-corrected chi connectivity index (χ3v) is 5.77. The molecule has 0 saturated heterocycles. The van der Waals surface area contributed by atoms with Crippen molar-refractivity contribution in [2.75, 3.05) is 13.6 Å². The second kappa shape index (κ2) is 10.6. The molecule has 3 aromatic rings. The largest absolute Gasteiger partial charge is 0.355 e. The summed E-state index contributed by atoms with van der Waals surface area (Å²) in [6, 6.07) is 21.6. The van der Waals surface area contributed by atoms with Gasteiger partial charge in [-0.2, -0.15) is 0 Å². The Balaban J connectivity index is 1.69. The van der Waals surface area contributed by atoms with E-state index in [2.05, 4.69) is 36.5 Å². The number of aryl methyl sites for hydroxylation is 1. The Morgan fingerprint density at radius 2 is 1.73 bits per heavy atom. The molecule has 30 heavy (non-hydrogen) atoms. The van der Waals surface area contributed by atoms with Crippen LogP contribution in [0.3, 0.4) is 0 Å². The highest BCUT2D eigenvalue weighted by Crippen LogP contribution is 2.18. The molecule has 1 aromatic heterocycles. The molecule has 2 amide bonds. The molecule has 0 radical (unpaired) electrons. The average Bonchev–Trinajstić information content (AvgIpc) is 3.20. The molecule has 0 aliphatic rings. The molecule has 0 aliphatic heterocycles. The third-order valence-electron chi connectivity index (χ3n) is 4.79. The lowest BCUT2D eigenvalue weighted by atomic mass is 10.1. The van der Waals surface area contributed by atoms with E-state index in [-0.39, 0.29) is 11.8 Å². The highest BCUT2D eigenvalue weighted by Gasteiger charge is 2.13. The van der Waals surface area contributed by atoms with Crippen LogP contribution in [0.15, 0.2) is 72.8 Å². The molecular weight excluding hydrogens is 392 g/mol. The van der Waals surface area contributed by atoms with Crippen LogP contribution in [0.25, 0.3) is 6.08 Å². The minimum absolute atomic E-state index is 0.0210. The summed E-state index contributed by atoms with van der Waals surface area (Å²) in [4.78, 5) is 28.9. The van der Waals surface area contributed by atoms with Gasteiger partial charge in [0.25, 0.3) is 5.91 Å². The fourth-order valence-corrected chi connectivity index (χ4v) is 4.00. The van der Waals surface area contributed by atoms with Crippen LogP contribution < -0.4 is 5.32 Å². The van der Waals surface area contributed by atoms with E-state index in [1.807, 2.05) is 35.2 Å². The van der Waals surface area contributed by atoms with E-state index < -0.39 is 0 Å². The van der Waals surface area contributed by atoms with Gasteiger partial charge >= 0.3 is 0 Å². The monoisotopic (exact) mass is 418 g/mol. The van der Waals surface area contributed by atoms with E-state index in [1.54, 1.807) is 42.7 Å². The Labute approximate surface area is 181 Å². The van der Waals surface area contributed by atoms with Crippen molar-refractivity contribution in [3.05, 3.63) is 99.3 Å². The quantitative estimate of drug-likeness (QED) is 0.539. The number of carbonyl (C=O) groups excluding carboxylic acids is 2. The lowest BCUT2D eigenvalue weighted by Crippen LogP contribution is -2.30. The Bertz CT molecular complexity index is 1010. The van der Waals surface area contributed by atoms with Crippen LogP contribution in [0.4, 0.5) is 0 Å². The second-order valence-corrected chi connectivity index (χ2v) is 8.41.